The zero-order valence-electron chi connectivity index (χ0n) is 16.3. The molecule has 0 spiro atoms. The molecule has 1 aromatic carbocycles. The maximum absolute atomic E-state index is 12.4. The van der Waals surface area contributed by atoms with Crippen LogP contribution in [0.1, 0.15) is 23.0 Å². The molecule has 1 fully saturated rings. The number of carbonyl (C=O) groups excluding carboxylic acids is 1. The van der Waals surface area contributed by atoms with E-state index in [1.54, 1.807) is 6.92 Å². The molecule has 1 aromatic heterocycles. The molecule has 7 nitrogen and oxygen atoms in total. The predicted molar refractivity (Wildman–Crippen MR) is 101 cm³/mol. The van der Waals surface area contributed by atoms with Crippen molar-refractivity contribution in [3.63, 3.8) is 0 Å². The number of esters is 1. The number of benzene rings is 1. The van der Waals surface area contributed by atoms with E-state index in [4.69, 9.17) is 14.2 Å². The lowest BCUT2D eigenvalue weighted by atomic mass is 10.1. The van der Waals surface area contributed by atoms with Crippen LogP contribution in [0.25, 0.3) is 10.9 Å². The van der Waals surface area contributed by atoms with Gasteiger partial charge in [0.15, 0.2) is 0 Å². The highest BCUT2D eigenvalue weighted by Gasteiger charge is 2.21. The molecule has 3 rings (SSSR count). The molecule has 0 bridgehead atoms. The summed E-state index contributed by atoms with van der Waals surface area (Å²) in [6, 6.07) is 5.65. The SMILES string of the molecule is CCOC(=O)c1c(C)n(C)c2ccc(OCC(O)C[NH+]3CCOCC3)cc12. The van der Waals surface area contributed by atoms with Crippen molar-refractivity contribution in [2.75, 3.05) is 46.1 Å². The quantitative estimate of drug-likeness (QED) is 0.680. The molecule has 1 aliphatic rings. The van der Waals surface area contributed by atoms with Crippen LogP contribution in [0, 0.1) is 6.92 Å². The number of carbonyl (C=O) groups is 1. The average molecular weight is 377 g/mol. The van der Waals surface area contributed by atoms with Gasteiger partial charge in [-0.25, -0.2) is 4.79 Å². The summed E-state index contributed by atoms with van der Waals surface area (Å²) in [4.78, 5) is 13.7. The Morgan fingerprint density at radius 3 is 2.81 bits per heavy atom. The minimum atomic E-state index is -0.546. The number of aliphatic hydroxyl groups is 1. The number of aliphatic hydroxyl groups excluding tert-OH is 1. The molecule has 148 valence electrons. The topological polar surface area (TPSA) is 74.4 Å². The maximum atomic E-state index is 12.4. The largest absolute Gasteiger partial charge is 0.491 e. The summed E-state index contributed by atoms with van der Waals surface area (Å²) < 4.78 is 18.3. The Bertz CT molecular complexity index is 795. The lowest BCUT2D eigenvalue weighted by Gasteiger charge is -2.25. The average Bonchev–Trinajstić information content (AvgIpc) is 2.91. The number of morpholine rings is 1. The van der Waals surface area contributed by atoms with Crippen LogP contribution in [0.2, 0.25) is 0 Å². The van der Waals surface area contributed by atoms with Crippen molar-refractivity contribution in [3.8, 4) is 5.75 Å². The molecule has 1 saturated heterocycles. The fourth-order valence-corrected chi connectivity index (χ4v) is 3.55. The standard InChI is InChI=1S/C20H28N2O5/c1-4-26-20(24)19-14(2)21(3)18-6-5-16(11-17(18)19)27-13-15(23)12-22-7-9-25-10-8-22/h5-6,11,15,23H,4,7-10,12-13H2,1-3H3/p+1. The van der Waals surface area contributed by atoms with Gasteiger partial charge < -0.3 is 28.8 Å². The van der Waals surface area contributed by atoms with E-state index in [2.05, 4.69) is 0 Å². The summed E-state index contributed by atoms with van der Waals surface area (Å²) in [6.45, 7) is 8.20. The molecule has 1 unspecified atom stereocenters. The molecule has 27 heavy (non-hydrogen) atoms. The Kier molecular flexibility index (Phi) is 6.36. The van der Waals surface area contributed by atoms with Crippen molar-refractivity contribution in [2.45, 2.75) is 20.0 Å². The summed E-state index contributed by atoms with van der Waals surface area (Å²) in [5.41, 5.74) is 2.37. The van der Waals surface area contributed by atoms with Crippen LogP contribution in [0.4, 0.5) is 0 Å². The Morgan fingerprint density at radius 1 is 1.37 bits per heavy atom. The third-order valence-corrected chi connectivity index (χ3v) is 5.11. The lowest BCUT2D eigenvalue weighted by molar-refractivity contribution is -0.911. The van der Waals surface area contributed by atoms with Gasteiger partial charge in [-0.2, -0.15) is 0 Å². The van der Waals surface area contributed by atoms with Crippen LogP contribution in [-0.4, -0.2) is 67.8 Å². The molecule has 2 heterocycles. The molecule has 1 aliphatic heterocycles. The molecule has 2 N–H and O–H groups in total. The predicted octanol–water partition coefficient (Wildman–Crippen LogP) is 0.318. The number of quaternary nitrogens is 1. The van der Waals surface area contributed by atoms with Gasteiger partial charge in [0.1, 0.15) is 38.1 Å². The van der Waals surface area contributed by atoms with E-state index in [0.717, 1.165) is 42.9 Å². The van der Waals surface area contributed by atoms with Crippen LogP contribution in [0.3, 0.4) is 0 Å². The first-order valence-electron chi connectivity index (χ1n) is 9.49. The smallest absolute Gasteiger partial charge is 0.340 e. The van der Waals surface area contributed by atoms with E-state index in [1.807, 2.05) is 36.7 Å². The molecule has 0 aliphatic carbocycles. The minimum absolute atomic E-state index is 0.219. The molecular formula is C20H29N2O5+. The molecule has 0 radical (unpaired) electrons. The molecule has 0 amide bonds. The number of rotatable bonds is 7. The van der Waals surface area contributed by atoms with E-state index in [0.29, 0.717) is 24.5 Å². The second-order valence-corrected chi connectivity index (χ2v) is 6.95. The van der Waals surface area contributed by atoms with Crippen LogP contribution < -0.4 is 9.64 Å². The van der Waals surface area contributed by atoms with Crippen molar-refractivity contribution >= 4 is 16.9 Å². The number of aromatic nitrogens is 1. The summed E-state index contributed by atoms with van der Waals surface area (Å²) in [6.07, 6.45) is -0.546. The number of ether oxygens (including phenoxy) is 3. The van der Waals surface area contributed by atoms with Crippen molar-refractivity contribution in [3.05, 3.63) is 29.5 Å². The number of nitrogens with one attached hydrogen (secondary N) is 1. The zero-order valence-corrected chi connectivity index (χ0v) is 16.3. The molecule has 1 atom stereocenters. The fraction of sp³-hybridized carbons (Fsp3) is 0.550. The van der Waals surface area contributed by atoms with Gasteiger partial charge in [-0.1, -0.05) is 0 Å². The van der Waals surface area contributed by atoms with Crippen LogP contribution in [-0.2, 0) is 16.5 Å². The summed E-state index contributed by atoms with van der Waals surface area (Å²) in [5.74, 6) is 0.309. The van der Waals surface area contributed by atoms with Gasteiger partial charge in [-0.3, -0.25) is 0 Å². The zero-order chi connectivity index (χ0) is 19.4. The van der Waals surface area contributed by atoms with Gasteiger partial charge in [-0.05, 0) is 32.0 Å². The van der Waals surface area contributed by atoms with E-state index in [1.165, 1.54) is 4.90 Å². The van der Waals surface area contributed by atoms with E-state index in [9.17, 15) is 9.90 Å². The van der Waals surface area contributed by atoms with Crippen LogP contribution in [0.15, 0.2) is 18.2 Å². The Hall–Kier alpha value is -2.09. The van der Waals surface area contributed by atoms with Gasteiger partial charge in [0.2, 0.25) is 0 Å². The van der Waals surface area contributed by atoms with Crippen molar-refractivity contribution in [2.24, 2.45) is 7.05 Å². The van der Waals surface area contributed by atoms with E-state index < -0.39 is 6.10 Å². The van der Waals surface area contributed by atoms with Gasteiger partial charge in [-0.15, -0.1) is 0 Å². The summed E-state index contributed by atoms with van der Waals surface area (Å²) >= 11 is 0. The molecule has 2 aromatic rings. The molecule has 7 heteroatoms. The molecular weight excluding hydrogens is 348 g/mol. The Labute approximate surface area is 159 Å². The van der Waals surface area contributed by atoms with Crippen molar-refractivity contribution in [1.29, 1.82) is 0 Å². The monoisotopic (exact) mass is 377 g/mol. The number of hydrogen-bond donors (Lipinski definition) is 2. The first kappa shape index (κ1) is 19.7. The Morgan fingerprint density at radius 2 is 2.11 bits per heavy atom. The van der Waals surface area contributed by atoms with E-state index in [-0.39, 0.29) is 12.6 Å². The highest BCUT2D eigenvalue weighted by Crippen LogP contribution is 2.29. The number of fused-ring (bicyclic) bond motifs is 1. The third kappa shape index (κ3) is 4.43. The third-order valence-electron chi connectivity index (χ3n) is 5.11. The summed E-state index contributed by atoms with van der Waals surface area (Å²) in [5, 5.41) is 11.1. The molecule has 0 saturated carbocycles. The number of aryl methyl sites for hydroxylation is 1. The van der Waals surface area contributed by atoms with Gasteiger partial charge in [0, 0.05) is 23.6 Å². The first-order chi connectivity index (χ1) is 13.0. The van der Waals surface area contributed by atoms with Gasteiger partial charge in [0.05, 0.1) is 25.4 Å². The Balaban J connectivity index is 1.71. The minimum Gasteiger partial charge on any atom is -0.491 e. The highest BCUT2D eigenvalue weighted by molar-refractivity contribution is 6.06. The van der Waals surface area contributed by atoms with Gasteiger partial charge >= 0.3 is 5.97 Å². The second kappa shape index (κ2) is 8.73. The highest BCUT2D eigenvalue weighted by atomic mass is 16.5. The van der Waals surface area contributed by atoms with Crippen molar-refractivity contribution < 1.29 is 29.0 Å². The summed E-state index contributed by atoms with van der Waals surface area (Å²) in [7, 11) is 1.93. The van der Waals surface area contributed by atoms with Crippen LogP contribution in [0.5, 0.6) is 5.75 Å². The number of nitrogens with zero attached hydrogens (tertiary/aromatic N) is 1. The van der Waals surface area contributed by atoms with Crippen LogP contribution >= 0.6 is 0 Å². The van der Waals surface area contributed by atoms with E-state index >= 15 is 0 Å². The number of hydrogen-bond acceptors (Lipinski definition) is 5. The fourth-order valence-electron chi connectivity index (χ4n) is 3.55. The normalized spacial score (nSPS) is 16.4. The van der Waals surface area contributed by atoms with Crippen molar-refractivity contribution in [1.82, 2.24) is 4.57 Å². The lowest BCUT2D eigenvalue weighted by Crippen LogP contribution is -3.15. The second-order valence-electron chi connectivity index (χ2n) is 6.95. The first-order valence-corrected chi connectivity index (χ1v) is 9.49. The maximum Gasteiger partial charge on any atom is 0.340 e. The van der Waals surface area contributed by atoms with Gasteiger partial charge in [0.25, 0.3) is 0 Å².